The van der Waals surface area contributed by atoms with Crippen LogP contribution in [0.4, 0.5) is 59.5 Å². The molecular weight excluding hydrogens is 1200 g/mol. The monoisotopic (exact) mass is 1260 g/mol. The summed E-state index contributed by atoms with van der Waals surface area (Å²) in [5.74, 6) is 1.36. The number of carbonyl (C=O) groups is 5. The maximum Gasteiger partial charge on any atom is 0.412 e. The minimum atomic E-state index is -0.672. The third-order valence-electron chi connectivity index (χ3n) is 14.6. The molecule has 13 N–H and O–H groups in total. The number of primary amides is 3. The maximum absolute atomic E-state index is 12.9. The highest BCUT2D eigenvalue weighted by Crippen LogP contribution is 2.30. The first kappa shape index (κ1) is 62.3. The smallest absolute Gasteiger partial charge is 0.410 e. The Hall–Kier alpha value is -9.72. The Morgan fingerprint density at radius 1 is 0.528 bits per heavy atom. The number of urea groups is 1. The summed E-state index contributed by atoms with van der Waals surface area (Å²) in [5.41, 5.74) is 27.7. The molecule has 464 valence electrons. The molecule has 0 saturated carbocycles. The van der Waals surface area contributed by atoms with Crippen molar-refractivity contribution in [2.75, 3.05) is 69.9 Å². The number of aromatic nitrogens is 9. The normalized spacial score (nSPS) is 17.0. The van der Waals surface area contributed by atoms with Crippen molar-refractivity contribution in [2.24, 2.45) is 22.9 Å². The number of benzene rings is 2. The number of hydrogen-bond donors (Lipinski definition) is 9. The average Bonchev–Trinajstić information content (AvgIpc) is 1.95. The Kier molecular flexibility index (Phi) is 20.2. The van der Waals surface area contributed by atoms with E-state index in [1.807, 2.05) is 67.0 Å². The Balaban J connectivity index is 0.000000150. The molecule has 6 aromatic heterocycles. The molecule has 8 aromatic rings. The van der Waals surface area contributed by atoms with Crippen LogP contribution in [-0.4, -0.2) is 135 Å². The lowest BCUT2D eigenvalue weighted by molar-refractivity contribution is 0.0987. The summed E-state index contributed by atoms with van der Waals surface area (Å²) in [6.45, 7) is 11.2. The number of carbonyl (C=O) groups excluding carboxylic acids is 5. The zero-order valence-corrected chi connectivity index (χ0v) is 51.5. The number of anilines is 9. The largest absolute Gasteiger partial charge is 0.412 e. The van der Waals surface area contributed by atoms with Crippen LogP contribution in [0.5, 0.6) is 5.75 Å². The van der Waals surface area contributed by atoms with Gasteiger partial charge in [0.1, 0.15) is 38.2 Å². The van der Waals surface area contributed by atoms with Crippen LogP contribution in [0.2, 0.25) is 0 Å². The van der Waals surface area contributed by atoms with Crippen molar-refractivity contribution in [3.63, 3.8) is 0 Å². The number of amides is 6. The number of nitrogens with two attached hydrogens (primary N) is 4. The fourth-order valence-corrected chi connectivity index (χ4v) is 12.4. The van der Waals surface area contributed by atoms with Gasteiger partial charge in [-0.2, -0.15) is 13.1 Å². The van der Waals surface area contributed by atoms with Crippen molar-refractivity contribution in [2.45, 2.75) is 90.5 Å². The van der Waals surface area contributed by atoms with Gasteiger partial charge in [-0.1, -0.05) is 42.5 Å². The van der Waals surface area contributed by atoms with Gasteiger partial charge in [0.05, 0.1) is 35.7 Å². The molecule has 2 aromatic carbocycles. The quantitative estimate of drug-likeness (QED) is 0.0520. The molecule has 6 amide bonds. The van der Waals surface area contributed by atoms with Crippen LogP contribution in [0, 0.1) is 20.8 Å². The number of ether oxygens (including phenoxy) is 1. The molecule has 0 unspecified atom stereocenters. The third-order valence-corrected chi connectivity index (χ3v) is 17.0. The summed E-state index contributed by atoms with van der Waals surface area (Å²) < 4.78 is 18.0. The Labute approximate surface area is 524 Å². The van der Waals surface area contributed by atoms with Crippen LogP contribution in [0.1, 0.15) is 98.2 Å². The predicted molar refractivity (Wildman–Crippen MR) is 342 cm³/mol. The van der Waals surface area contributed by atoms with Gasteiger partial charge in [-0.3, -0.25) is 14.4 Å². The van der Waals surface area contributed by atoms with E-state index < -0.39 is 23.8 Å². The molecule has 12 rings (SSSR count). The zero-order valence-electron chi connectivity index (χ0n) is 49.1. The minimum Gasteiger partial charge on any atom is -0.410 e. The molecule has 31 heteroatoms. The van der Waals surface area contributed by atoms with E-state index in [-0.39, 0.29) is 47.1 Å². The number of hydrogen-bond acceptors (Lipinski definition) is 25. The molecule has 0 bridgehead atoms. The van der Waals surface area contributed by atoms with E-state index in [2.05, 4.69) is 91.5 Å². The van der Waals surface area contributed by atoms with E-state index >= 15 is 0 Å². The van der Waals surface area contributed by atoms with Crippen molar-refractivity contribution in [1.29, 1.82) is 0 Å². The summed E-state index contributed by atoms with van der Waals surface area (Å²) in [4.78, 5) is 94.9. The third kappa shape index (κ3) is 16.7. The fourth-order valence-electron chi connectivity index (χ4n) is 10.4. The minimum absolute atomic E-state index is 0.0110. The van der Waals surface area contributed by atoms with Gasteiger partial charge < -0.3 is 73.9 Å². The zero-order chi connectivity index (χ0) is 62.6. The van der Waals surface area contributed by atoms with E-state index in [1.54, 1.807) is 36.7 Å². The van der Waals surface area contributed by atoms with Crippen LogP contribution in [-0.2, 0) is 13.1 Å². The second-order valence-corrected chi connectivity index (χ2v) is 24.0. The van der Waals surface area contributed by atoms with Crippen molar-refractivity contribution in [3.05, 3.63) is 137 Å². The lowest BCUT2D eigenvalue weighted by Gasteiger charge is -2.34. The van der Waals surface area contributed by atoms with E-state index in [0.717, 1.165) is 96.8 Å². The van der Waals surface area contributed by atoms with Crippen molar-refractivity contribution >= 4 is 114 Å². The first-order chi connectivity index (χ1) is 43.0. The Morgan fingerprint density at radius 2 is 0.921 bits per heavy atom. The fraction of sp³-hybridized carbons (Fsp3) is 0.345. The van der Waals surface area contributed by atoms with Crippen LogP contribution >= 0.6 is 34.6 Å². The van der Waals surface area contributed by atoms with Crippen LogP contribution in [0.3, 0.4) is 0 Å². The van der Waals surface area contributed by atoms with E-state index in [4.69, 9.17) is 27.7 Å². The number of nitrogens with zero attached hydrogens (tertiary/aromatic N) is 13. The van der Waals surface area contributed by atoms with Crippen LogP contribution in [0.25, 0.3) is 0 Å². The predicted octanol–water partition coefficient (Wildman–Crippen LogP) is 6.63. The highest BCUT2D eigenvalue weighted by atomic mass is 32.1. The van der Waals surface area contributed by atoms with Gasteiger partial charge in [-0.05, 0) is 135 Å². The first-order valence-corrected chi connectivity index (χ1v) is 31.1. The number of aryl methyl sites for hydroxylation is 3. The lowest BCUT2D eigenvalue weighted by atomic mass is 10.1. The van der Waals surface area contributed by atoms with Gasteiger partial charge in [0, 0.05) is 70.5 Å². The van der Waals surface area contributed by atoms with Crippen molar-refractivity contribution in [1.82, 2.24) is 58.6 Å². The molecule has 3 atom stereocenters. The molecule has 4 aliphatic rings. The van der Waals surface area contributed by atoms with Crippen molar-refractivity contribution < 1.29 is 28.7 Å². The first-order valence-electron chi connectivity index (χ1n) is 28.7. The van der Waals surface area contributed by atoms with Gasteiger partial charge in [-0.25, -0.2) is 39.5 Å². The lowest BCUT2D eigenvalue weighted by Crippen LogP contribution is -2.51. The standard InChI is InChI=1S/C23H26N8O2S.C21H23N7O3S.C14H19N7OS/c1-14-9-19(34-29-14)28-22-20(21(24)32)25-10-18(27-22)30-8-4-7-17(13-30)26-23(33)31-11-15-5-2-3-6-16(15)12-31;1-13-10-17(32-27-13)26-20-18(19(22)29)23-11-16(25-20)28-9-5-6-14(12-28)24-21(30)31-15-7-3-2-4-8-15;1-8-5-11(23-20-8)19-14-12(13(16)22)17-6-10(18-14)21-4-2-3-9(15)7-21/h2-3,5-6,9-10,17H,4,7-8,11-13H2,1H3,(H2,24,32)(H,26,33)(H,27,28);2-4,7-8,10-11,14H,5-6,9,12H2,1H3,(H2,22,29)(H,24,30)(H,25,26);5-6,9H,2-4,7,15H2,1H3,(H2,16,22)(H,18,19)/t17-;14-;9-/m111/s1. The number of fused-ring (bicyclic) bond motifs is 1. The summed E-state index contributed by atoms with van der Waals surface area (Å²) >= 11 is 3.82. The average molecular weight is 1270 g/mol. The van der Waals surface area contributed by atoms with E-state index in [0.29, 0.717) is 61.0 Å². The molecule has 3 saturated heterocycles. The Bertz CT molecular complexity index is 3790. The van der Waals surface area contributed by atoms with E-state index in [1.165, 1.54) is 51.9 Å². The summed E-state index contributed by atoms with van der Waals surface area (Å²) in [7, 11) is 0. The van der Waals surface area contributed by atoms with E-state index in [9.17, 15) is 24.0 Å². The molecule has 0 radical (unpaired) electrons. The highest BCUT2D eigenvalue weighted by molar-refractivity contribution is 7.10. The van der Waals surface area contributed by atoms with Crippen LogP contribution in [0.15, 0.2) is 91.4 Å². The SMILES string of the molecule is Cc1cc(Nc2nc(N3CCC[C@@H](N)C3)cnc2C(N)=O)sn1.Cc1cc(Nc2nc(N3CCC[C@@H](NC(=O)N4Cc5ccccc5C4)C3)cnc2C(N)=O)sn1.Cc1cc(Nc2nc(N3CCC[C@@H](NC(=O)Oc4ccccc4)C3)cnc2C(N)=O)sn1. The van der Waals surface area contributed by atoms with Gasteiger partial charge in [-0.15, -0.1) is 0 Å². The van der Waals surface area contributed by atoms with Gasteiger partial charge >= 0.3 is 12.1 Å². The molecule has 3 fully saturated rings. The molecule has 4 aliphatic heterocycles. The van der Waals surface area contributed by atoms with Crippen molar-refractivity contribution in [3.8, 4) is 5.75 Å². The number of piperidine rings is 3. The second kappa shape index (κ2) is 28.9. The maximum atomic E-state index is 12.9. The highest BCUT2D eigenvalue weighted by Gasteiger charge is 2.30. The van der Waals surface area contributed by atoms with Gasteiger partial charge in [0.2, 0.25) is 0 Å². The molecule has 0 aliphatic carbocycles. The summed E-state index contributed by atoms with van der Waals surface area (Å²) in [6.07, 6.45) is 9.64. The number of para-hydroxylation sites is 1. The topological polar surface area (TPSA) is 388 Å². The second-order valence-electron chi connectivity index (χ2n) is 21.6. The Morgan fingerprint density at radius 3 is 1.31 bits per heavy atom. The molecule has 89 heavy (non-hydrogen) atoms. The number of nitrogens with one attached hydrogen (secondary N) is 5. The number of rotatable bonds is 15. The summed E-state index contributed by atoms with van der Waals surface area (Å²) in [5, 5.41) is 17.7. The summed E-state index contributed by atoms with van der Waals surface area (Å²) in [6, 6.07) is 22.6. The molecule has 10 heterocycles. The van der Waals surface area contributed by atoms with Gasteiger partial charge in [0.15, 0.2) is 34.5 Å². The molecular formula is C58H68N22O6S3. The van der Waals surface area contributed by atoms with Crippen LogP contribution < -0.4 is 69.0 Å². The molecule has 28 nitrogen and oxygen atoms in total. The van der Waals surface area contributed by atoms with Gasteiger partial charge in [0.25, 0.3) is 17.7 Å². The molecule has 0 spiro atoms.